The van der Waals surface area contributed by atoms with E-state index >= 15 is 0 Å². The molecule has 0 bridgehead atoms. The summed E-state index contributed by atoms with van der Waals surface area (Å²) in [6.07, 6.45) is 0. The highest BCUT2D eigenvalue weighted by Gasteiger charge is 2.22. The van der Waals surface area contributed by atoms with Gasteiger partial charge in [-0.05, 0) is 115 Å². The number of benzene rings is 12. The molecule has 13 aromatic rings. The van der Waals surface area contributed by atoms with Crippen LogP contribution in [0, 0.1) is 0 Å². The topological polar surface area (TPSA) is 8.17 Å². The molecule has 0 radical (unpaired) electrons. The molecule has 0 aliphatic heterocycles. The zero-order chi connectivity index (χ0) is 46.4. The Bertz CT molecular complexity index is 4030. The third-order valence-corrected chi connectivity index (χ3v) is 14.0. The number of rotatable bonds is 9. The zero-order valence-corrected chi connectivity index (χ0v) is 38.5. The molecule has 0 saturated carbocycles. The molecule has 328 valence electrons. The number of hydrogen-bond donors (Lipinski definition) is 0. The van der Waals surface area contributed by atoms with Crippen molar-refractivity contribution in [1.82, 2.24) is 4.57 Å². The summed E-state index contributed by atoms with van der Waals surface area (Å²) < 4.78 is 2.43. The van der Waals surface area contributed by atoms with Gasteiger partial charge in [-0.2, -0.15) is 0 Å². The van der Waals surface area contributed by atoms with Crippen LogP contribution in [0.5, 0.6) is 0 Å². The van der Waals surface area contributed by atoms with Gasteiger partial charge in [-0.3, -0.25) is 0 Å². The van der Waals surface area contributed by atoms with E-state index in [9.17, 15) is 0 Å². The second-order valence-electron chi connectivity index (χ2n) is 18.0. The van der Waals surface area contributed by atoms with E-state index in [0.717, 1.165) is 39.4 Å². The number of hydrogen-bond acceptors (Lipinski definition) is 1. The molecule has 1 aromatic heterocycles. The largest absolute Gasteiger partial charge is 0.310 e. The third-order valence-electron chi connectivity index (χ3n) is 14.0. The normalized spacial score (nSPS) is 11.4. The van der Waals surface area contributed by atoms with Crippen LogP contribution in [-0.2, 0) is 0 Å². The molecule has 2 heteroatoms. The van der Waals surface area contributed by atoms with Gasteiger partial charge in [-0.15, -0.1) is 0 Å². The molecule has 0 spiro atoms. The van der Waals surface area contributed by atoms with Gasteiger partial charge in [0.05, 0.1) is 16.7 Å². The molecule has 1 heterocycles. The Balaban J connectivity index is 0.980. The van der Waals surface area contributed by atoms with Gasteiger partial charge in [0.15, 0.2) is 0 Å². The van der Waals surface area contributed by atoms with Crippen LogP contribution in [0.2, 0.25) is 0 Å². The van der Waals surface area contributed by atoms with Gasteiger partial charge in [0.25, 0.3) is 0 Å². The summed E-state index contributed by atoms with van der Waals surface area (Å²) in [5.74, 6) is 0. The van der Waals surface area contributed by atoms with Crippen LogP contribution < -0.4 is 4.90 Å². The molecule has 0 N–H and O–H groups in total. The molecule has 70 heavy (non-hydrogen) atoms. The molecular formula is C68H46N2. The zero-order valence-electron chi connectivity index (χ0n) is 38.5. The SMILES string of the molecule is c1ccc(-c2cccc3cccc(-c4ccccc4N(c4ccc(-c5ccc(-c6cccc7ccccc67)cc5)cc4)c4cccc(-c5cccc6c7ccccc7n(-c7ccccc7)c56)c4)c23)cc1. The van der Waals surface area contributed by atoms with Gasteiger partial charge in [-0.1, -0.05) is 231 Å². The van der Waals surface area contributed by atoms with E-state index in [2.05, 4.69) is 289 Å². The van der Waals surface area contributed by atoms with Crippen LogP contribution in [0.4, 0.5) is 17.1 Å². The fourth-order valence-corrected chi connectivity index (χ4v) is 10.8. The summed E-state index contributed by atoms with van der Waals surface area (Å²) in [5.41, 5.74) is 18.6. The average Bonchev–Trinajstić information content (AvgIpc) is 3.78. The Morgan fingerprint density at radius 3 is 1.59 bits per heavy atom. The number of nitrogens with zero attached hydrogens (tertiary/aromatic N) is 2. The highest BCUT2D eigenvalue weighted by molar-refractivity contribution is 6.14. The van der Waals surface area contributed by atoms with Crippen molar-refractivity contribution in [3.05, 3.63) is 279 Å². The summed E-state index contributed by atoms with van der Waals surface area (Å²) in [6, 6.07) is 102. The summed E-state index contributed by atoms with van der Waals surface area (Å²) in [7, 11) is 0. The van der Waals surface area contributed by atoms with Crippen molar-refractivity contribution < 1.29 is 0 Å². The van der Waals surface area contributed by atoms with Crippen LogP contribution in [0.1, 0.15) is 0 Å². The molecule has 12 aromatic carbocycles. The van der Waals surface area contributed by atoms with E-state index in [1.54, 1.807) is 0 Å². The Kier molecular flexibility index (Phi) is 10.2. The second-order valence-corrected chi connectivity index (χ2v) is 18.0. The molecule has 13 rings (SSSR count). The number of aromatic nitrogens is 1. The summed E-state index contributed by atoms with van der Waals surface area (Å²) >= 11 is 0. The summed E-state index contributed by atoms with van der Waals surface area (Å²) in [4.78, 5) is 2.45. The van der Waals surface area contributed by atoms with E-state index in [1.165, 1.54) is 82.3 Å². The van der Waals surface area contributed by atoms with Crippen molar-refractivity contribution in [3.8, 4) is 61.3 Å². The molecule has 0 amide bonds. The standard InChI is InChI=1S/C68H46N2/c1-3-18-50(19-4-1)59-32-15-22-52-23-16-34-63(67(52)59)61-29-9-11-36-65(61)69(55-44-42-48(43-45-55)47-38-40-51(41-39-47)58-31-14-21-49-20-7-8-28-57(49)58)56-27-13-24-53(46-56)60-33-17-35-64-62-30-10-12-37-66(62)70(68(60)64)54-25-5-2-6-26-54/h1-46H. The smallest absolute Gasteiger partial charge is 0.0619 e. The van der Waals surface area contributed by atoms with Crippen LogP contribution in [0.3, 0.4) is 0 Å². The molecule has 2 nitrogen and oxygen atoms in total. The lowest BCUT2D eigenvalue weighted by Crippen LogP contribution is -2.11. The fraction of sp³-hybridized carbons (Fsp3) is 0. The molecule has 0 atom stereocenters. The van der Waals surface area contributed by atoms with E-state index in [1.807, 2.05) is 0 Å². The van der Waals surface area contributed by atoms with Gasteiger partial charge >= 0.3 is 0 Å². The molecular weight excluding hydrogens is 845 g/mol. The molecule has 0 fully saturated rings. The lowest BCUT2D eigenvalue weighted by atomic mass is 9.90. The van der Waals surface area contributed by atoms with Crippen LogP contribution in [0.15, 0.2) is 279 Å². The van der Waals surface area contributed by atoms with E-state index in [-0.39, 0.29) is 0 Å². The van der Waals surface area contributed by atoms with Crippen molar-refractivity contribution in [2.24, 2.45) is 0 Å². The monoisotopic (exact) mass is 890 g/mol. The first kappa shape index (κ1) is 41.0. The van der Waals surface area contributed by atoms with Gasteiger partial charge < -0.3 is 9.47 Å². The molecule has 0 saturated heterocycles. The molecule has 0 unspecified atom stereocenters. The van der Waals surface area contributed by atoms with Crippen LogP contribution in [-0.4, -0.2) is 4.57 Å². The van der Waals surface area contributed by atoms with E-state index < -0.39 is 0 Å². The predicted octanol–water partition coefficient (Wildman–Crippen LogP) is 18.9. The first-order chi connectivity index (χ1) is 34.7. The summed E-state index contributed by atoms with van der Waals surface area (Å²) in [5, 5.41) is 7.43. The van der Waals surface area contributed by atoms with Gasteiger partial charge in [0, 0.05) is 39.0 Å². The van der Waals surface area contributed by atoms with Gasteiger partial charge in [-0.25, -0.2) is 0 Å². The van der Waals surface area contributed by atoms with E-state index in [4.69, 9.17) is 0 Å². The van der Waals surface area contributed by atoms with Crippen LogP contribution >= 0.6 is 0 Å². The van der Waals surface area contributed by atoms with Crippen molar-refractivity contribution in [2.45, 2.75) is 0 Å². The van der Waals surface area contributed by atoms with Crippen LogP contribution in [0.25, 0.3) is 105 Å². The van der Waals surface area contributed by atoms with Crippen molar-refractivity contribution in [3.63, 3.8) is 0 Å². The lowest BCUT2D eigenvalue weighted by molar-refractivity contribution is 1.18. The number of anilines is 3. The molecule has 0 aliphatic rings. The Morgan fingerprint density at radius 2 is 0.786 bits per heavy atom. The molecule has 0 aliphatic carbocycles. The van der Waals surface area contributed by atoms with Gasteiger partial charge in [0.1, 0.15) is 0 Å². The number of para-hydroxylation sites is 4. The lowest BCUT2D eigenvalue weighted by Gasteiger charge is -2.29. The maximum atomic E-state index is 2.45. The number of fused-ring (bicyclic) bond motifs is 5. The minimum atomic E-state index is 1.07. The highest BCUT2D eigenvalue weighted by Crippen LogP contribution is 2.47. The first-order valence-corrected chi connectivity index (χ1v) is 24.1. The van der Waals surface area contributed by atoms with Gasteiger partial charge in [0.2, 0.25) is 0 Å². The second kappa shape index (κ2) is 17.4. The average molecular weight is 891 g/mol. The van der Waals surface area contributed by atoms with E-state index in [0.29, 0.717) is 0 Å². The fourth-order valence-electron chi connectivity index (χ4n) is 10.8. The minimum Gasteiger partial charge on any atom is -0.310 e. The maximum Gasteiger partial charge on any atom is 0.0619 e. The Labute approximate surface area is 408 Å². The summed E-state index contributed by atoms with van der Waals surface area (Å²) in [6.45, 7) is 0. The third kappa shape index (κ3) is 7.13. The van der Waals surface area contributed by atoms with Crippen molar-refractivity contribution in [2.75, 3.05) is 4.90 Å². The predicted molar refractivity (Wildman–Crippen MR) is 298 cm³/mol. The Morgan fingerprint density at radius 1 is 0.271 bits per heavy atom. The minimum absolute atomic E-state index is 1.07. The van der Waals surface area contributed by atoms with Crippen molar-refractivity contribution in [1.29, 1.82) is 0 Å². The first-order valence-electron chi connectivity index (χ1n) is 24.1. The maximum absolute atomic E-state index is 2.45. The highest BCUT2D eigenvalue weighted by atomic mass is 15.1. The quantitative estimate of drug-likeness (QED) is 0.140. The van der Waals surface area contributed by atoms with Crippen molar-refractivity contribution >= 4 is 60.4 Å². The Hall–Kier alpha value is -9.24.